The minimum absolute atomic E-state index is 0.534. The van der Waals surface area contributed by atoms with Crippen LogP contribution >= 0.6 is 11.6 Å². The highest BCUT2D eigenvalue weighted by atomic mass is 35.5. The highest BCUT2D eigenvalue weighted by Crippen LogP contribution is 2.23. The lowest BCUT2D eigenvalue weighted by molar-refractivity contribution is 0.311. The fourth-order valence-corrected chi connectivity index (χ4v) is 2.92. The predicted molar refractivity (Wildman–Crippen MR) is 112 cm³/mol. The second kappa shape index (κ2) is 10.5. The Morgan fingerprint density at radius 2 is 1.59 bits per heavy atom. The van der Waals surface area contributed by atoms with Crippen molar-refractivity contribution >= 4 is 17.3 Å². The first-order valence-corrected chi connectivity index (χ1v) is 9.57. The molecule has 0 amide bonds. The summed E-state index contributed by atoms with van der Waals surface area (Å²) in [6, 6.07) is 26.0. The van der Waals surface area contributed by atoms with Crippen molar-refractivity contribution in [1.29, 1.82) is 0 Å². The lowest BCUT2D eigenvalue weighted by atomic mass is 10.1. The number of hydrogen-bond acceptors (Lipinski definition) is 3. The van der Waals surface area contributed by atoms with Crippen molar-refractivity contribution in [1.82, 2.24) is 0 Å². The number of ether oxygens (including phenoxy) is 2. The van der Waals surface area contributed by atoms with E-state index < -0.39 is 0 Å². The van der Waals surface area contributed by atoms with Crippen molar-refractivity contribution in [2.45, 2.75) is 12.8 Å². The molecule has 0 saturated carbocycles. The minimum atomic E-state index is 0.534. The van der Waals surface area contributed by atoms with Crippen molar-refractivity contribution in [3.63, 3.8) is 0 Å². The van der Waals surface area contributed by atoms with Crippen LogP contribution in [0.2, 0.25) is 5.02 Å². The molecule has 0 radical (unpaired) electrons. The summed E-state index contributed by atoms with van der Waals surface area (Å²) in [5, 5.41) is 3.97. The van der Waals surface area contributed by atoms with E-state index >= 15 is 0 Å². The molecule has 0 unspecified atom stereocenters. The van der Waals surface area contributed by atoms with Gasteiger partial charge < -0.3 is 14.8 Å². The van der Waals surface area contributed by atoms with E-state index in [1.54, 1.807) is 0 Å². The molecule has 1 N–H and O–H groups in total. The largest absolute Gasteiger partial charge is 0.494 e. The van der Waals surface area contributed by atoms with Gasteiger partial charge in [-0.15, -0.1) is 0 Å². The van der Waals surface area contributed by atoms with Gasteiger partial charge in [-0.1, -0.05) is 60.1 Å². The maximum absolute atomic E-state index is 6.08. The first-order chi connectivity index (χ1) is 13.3. The molecule has 4 heteroatoms. The Morgan fingerprint density at radius 1 is 0.778 bits per heavy atom. The van der Waals surface area contributed by atoms with Gasteiger partial charge in [-0.25, -0.2) is 0 Å². The van der Waals surface area contributed by atoms with Crippen LogP contribution in [0.3, 0.4) is 0 Å². The molecule has 3 nitrogen and oxygen atoms in total. The predicted octanol–water partition coefficient (Wildman–Crippen LogP) is 5.84. The third kappa shape index (κ3) is 6.54. The van der Waals surface area contributed by atoms with Gasteiger partial charge in [0.25, 0.3) is 0 Å². The van der Waals surface area contributed by atoms with Gasteiger partial charge in [-0.2, -0.15) is 0 Å². The zero-order chi connectivity index (χ0) is 18.7. The van der Waals surface area contributed by atoms with Gasteiger partial charge in [-0.05, 0) is 42.7 Å². The third-order valence-electron chi connectivity index (χ3n) is 4.08. The number of anilines is 1. The molecule has 3 aromatic carbocycles. The molecule has 140 valence electrons. The Morgan fingerprint density at radius 3 is 2.44 bits per heavy atom. The van der Waals surface area contributed by atoms with Crippen molar-refractivity contribution < 1.29 is 9.47 Å². The van der Waals surface area contributed by atoms with Gasteiger partial charge >= 0.3 is 0 Å². The standard InChI is InChI=1S/C23H24ClNO2/c24-22-13-4-5-14-23(22)27-17-15-25-20-11-6-12-21(18-20)26-16-7-10-19-8-2-1-3-9-19/h1-6,8-9,11-14,18,25H,7,10,15-17H2. The van der Waals surface area contributed by atoms with Gasteiger partial charge in [0.15, 0.2) is 0 Å². The molecule has 0 atom stereocenters. The van der Waals surface area contributed by atoms with Crippen LogP contribution < -0.4 is 14.8 Å². The monoisotopic (exact) mass is 381 g/mol. The number of hydrogen-bond donors (Lipinski definition) is 1. The van der Waals surface area contributed by atoms with Crippen molar-refractivity contribution in [2.24, 2.45) is 0 Å². The average Bonchev–Trinajstić information content (AvgIpc) is 2.71. The summed E-state index contributed by atoms with van der Waals surface area (Å²) < 4.78 is 11.6. The van der Waals surface area contributed by atoms with Crippen molar-refractivity contribution in [2.75, 3.05) is 25.1 Å². The zero-order valence-corrected chi connectivity index (χ0v) is 16.0. The van der Waals surface area contributed by atoms with E-state index in [0.29, 0.717) is 30.5 Å². The molecule has 0 fully saturated rings. The Kier molecular flexibility index (Phi) is 7.43. The van der Waals surface area contributed by atoms with E-state index in [-0.39, 0.29) is 0 Å². The minimum Gasteiger partial charge on any atom is -0.494 e. The van der Waals surface area contributed by atoms with E-state index in [9.17, 15) is 0 Å². The summed E-state index contributed by atoms with van der Waals surface area (Å²) in [5.74, 6) is 1.58. The maximum Gasteiger partial charge on any atom is 0.137 e. The molecule has 0 aliphatic carbocycles. The molecule has 0 bridgehead atoms. The third-order valence-corrected chi connectivity index (χ3v) is 4.39. The summed E-state index contributed by atoms with van der Waals surface area (Å²) in [6.07, 6.45) is 2.02. The number of nitrogens with one attached hydrogen (secondary N) is 1. The van der Waals surface area contributed by atoms with E-state index in [1.165, 1.54) is 5.56 Å². The molecule has 0 spiro atoms. The van der Waals surface area contributed by atoms with Gasteiger partial charge in [0.1, 0.15) is 18.1 Å². The fraction of sp³-hybridized carbons (Fsp3) is 0.217. The Bertz CT molecular complexity index is 823. The second-order valence-electron chi connectivity index (χ2n) is 6.17. The number of benzene rings is 3. The van der Waals surface area contributed by atoms with E-state index in [0.717, 1.165) is 24.3 Å². The van der Waals surface area contributed by atoms with E-state index in [1.807, 2.05) is 54.6 Å². The molecule has 3 aromatic rings. The first kappa shape index (κ1) is 19.1. The number of halogens is 1. The fourth-order valence-electron chi connectivity index (χ4n) is 2.72. The summed E-state index contributed by atoms with van der Waals surface area (Å²) >= 11 is 6.08. The second-order valence-corrected chi connectivity index (χ2v) is 6.58. The Balaban J connectivity index is 1.37. The molecule has 0 heterocycles. The van der Waals surface area contributed by atoms with Crippen molar-refractivity contribution in [3.8, 4) is 11.5 Å². The molecular formula is C23H24ClNO2. The van der Waals surface area contributed by atoms with E-state index in [2.05, 4.69) is 29.6 Å². The van der Waals surface area contributed by atoms with Crippen LogP contribution in [-0.2, 0) is 6.42 Å². The van der Waals surface area contributed by atoms with Gasteiger partial charge in [0, 0.05) is 18.3 Å². The molecule has 0 saturated heterocycles. The van der Waals surface area contributed by atoms with E-state index in [4.69, 9.17) is 21.1 Å². The topological polar surface area (TPSA) is 30.5 Å². The number of aryl methyl sites for hydroxylation is 1. The molecule has 27 heavy (non-hydrogen) atoms. The lowest BCUT2D eigenvalue weighted by Crippen LogP contribution is -2.11. The number of para-hydroxylation sites is 1. The van der Waals surface area contributed by atoms with Gasteiger partial charge in [0.2, 0.25) is 0 Å². The highest BCUT2D eigenvalue weighted by Gasteiger charge is 2.00. The summed E-state index contributed by atoms with van der Waals surface area (Å²) in [7, 11) is 0. The molecule has 3 rings (SSSR count). The SMILES string of the molecule is Clc1ccccc1OCCNc1cccc(OCCCc2ccccc2)c1. The Labute approximate surface area is 165 Å². The summed E-state index contributed by atoms with van der Waals surface area (Å²) in [4.78, 5) is 0. The van der Waals surface area contributed by atoms with Crippen LogP contribution in [0.25, 0.3) is 0 Å². The van der Waals surface area contributed by atoms with Crippen LogP contribution in [0.1, 0.15) is 12.0 Å². The summed E-state index contributed by atoms with van der Waals surface area (Å²) in [5.41, 5.74) is 2.35. The summed E-state index contributed by atoms with van der Waals surface area (Å²) in [6.45, 7) is 1.92. The molecule has 0 aliphatic heterocycles. The van der Waals surface area contributed by atoms with Crippen molar-refractivity contribution in [3.05, 3.63) is 89.4 Å². The average molecular weight is 382 g/mol. The van der Waals surface area contributed by atoms with Crippen LogP contribution in [0.5, 0.6) is 11.5 Å². The molecular weight excluding hydrogens is 358 g/mol. The molecule has 0 aromatic heterocycles. The van der Waals surface area contributed by atoms with Crippen LogP contribution in [0.4, 0.5) is 5.69 Å². The van der Waals surface area contributed by atoms with Gasteiger partial charge in [-0.3, -0.25) is 0 Å². The highest BCUT2D eigenvalue weighted by molar-refractivity contribution is 6.32. The maximum atomic E-state index is 6.08. The molecule has 0 aliphatic rings. The van der Waals surface area contributed by atoms with Crippen LogP contribution in [0.15, 0.2) is 78.9 Å². The number of rotatable bonds is 10. The first-order valence-electron chi connectivity index (χ1n) is 9.19. The smallest absolute Gasteiger partial charge is 0.137 e. The lowest BCUT2D eigenvalue weighted by Gasteiger charge is -2.11. The van der Waals surface area contributed by atoms with Crippen LogP contribution in [-0.4, -0.2) is 19.8 Å². The quantitative estimate of drug-likeness (QED) is 0.447. The van der Waals surface area contributed by atoms with Gasteiger partial charge in [0.05, 0.1) is 11.6 Å². The van der Waals surface area contributed by atoms with Crippen LogP contribution in [0, 0.1) is 0 Å². The normalized spacial score (nSPS) is 10.4. The zero-order valence-electron chi connectivity index (χ0n) is 15.2. The Hall–Kier alpha value is -2.65.